The molecule has 0 rings (SSSR count). The summed E-state index contributed by atoms with van der Waals surface area (Å²) in [4.78, 5) is 0. The van der Waals surface area contributed by atoms with E-state index in [2.05, 4.69) is 26.1 Å². The van der Waals surface area contributed by atoms with Crippen LogP contribution in [0.5, 0.6) is 0 Å². The molecule has 2 N–H and O–H groups in total. The molecular formula is C17H37NO. The standard InChI is InChI=1S/C17H37NO/c1-4-7-10-13-16(14-11-8-5-2)18-17(19)15-12-9-6-3/h16-19H,4-15H2,1-3H3. The SMILES string of the molecule is CCCCCC(O)NC(CCCCC)CCCCC. The Labute approximate surface area is 121 Å². The number of hydrogen-bond donors (Lipinski definition) is 2. The number of unbranched alkanes of at least 4 members (excludes halogenated alkanes) is 6. The minimum absolute atomic E-state index is 0.292. The Bertz CT molecular complexity index is 163. The summed E-state index contributed by atoms with van der Waals surface area (Å²) in [7, 11) is 0. The van der Waals surface area contributed by atoms with Gasteiger partial charge in [0.15, 0.2) is 0 Å². The highest BCUT2D eigenvalue weighted by molar-refractivity contribution is 4.69. The molecule has 0 aromatic heterocycles. The van der Waals surface area contributed by atoms with Crippen molar-refractivity contribution in [3.63, 3.8) is 0 Å². The highest BCUT2D eigenvalue weighted by Crippen LogP contribution is 2.12. The fourth-order valence-electron chi connectivity index (χ4n) is 2.54. The van der Waals surface area contributed by atoms with E-state index in [0.717, 1.165) is 12.8 Å². The normalized spacial score (nSPS) is 13.1. The molecule has 2 heteroatoms. The van der Waals surface area contributed by atoms with Gasteiger partial charge in [0.25, 0.3) is 0 Å². The molecular weight excluding hydrogens is 234 g/mol. The molecule has 0 aromatic carbocycles. The van der Waals surface area contributed by atoms with Crippen LogP contribution >= 0.6 is 0 Å². The number of rotatable bonds is 14. The third-order valence-corrected chi connectivity index (χ3v) is 3.82. The monoisotopic (exact) mass is 271 g/mol. The van der Waals surface area contributed by atoms with Crippen LogP contribution in [-0.2, 0) is 0 Å². The first-order valence-electron chi connectivity index (χ1n) is 8.68. The lowest BCUT2D eigenvalue weighted by Gasteiger charge is -2.22. The number of nitrogens with one attached hydrogen (secondary N) is 1. The van der Waals surface area contributed by atoms with E-state index in [1.165, 1.54) is 64.2 Å². The number of aliphatic hydroxyl groups is 1. The van der Waals surface area contributed by atoms with Crippen LogP contribution in [-0.4, -0.2) is 17.4 Å². The van der Waals surface area contributed by atoms with Crippen LogP contribution in [0.4, 0.5) is 0 Å². The summed E-state index contributed by atoms with van der Waals surface area (Å²) in [5.74, 6) is 0. The quantitative estimate of drug-likeness (QED) is 0.344. The third kappa shape index (κ3) is 12.7. The fraction of sp³-hybridized carbons (Fsp3) is 1.00. The topological polar surface area (TPSA) is 32.3 Å². The molecule has 0 aliphatic heterocycles. The Balaban J connectivity index is 3.86. The van der Waals surface area contributed by atoms with Gasteiger partial charge in [-0.25, -0.2) is 0 Å². The van der Waals surface area contributed by atoms with Crippen molar-refractivity contribution in [1.82, 2.24) is 5.32 Å². The van der Waals surface area contributed by atoms with Gasteiger partial charge in [-0.15, -0.1) is 0 Å². The number of aliphatic hydroxyl groups excluding tert-OH is 1. The van der Waals surface area contributed by atoms with Gasteiger partial charge in [0, 0.05) is 6.04 Å². The van der Waals surface area contributed by atoms with Gasteiger partial charge in [0.05, 0.1) is 0 Å². The van der Waals surface area contributed by atoms with Crippen molar-refractivity contribution in [2.75, 3.05) is 0 Å². The molecule has 116 valence electrons. The van der Waals surface area contributed by atoms with Crippen molar-refractivity contribution in [2.24, 2.45) is 0 Å². The lowest BCUT2D eigenvalue weighted by atomic mass is 10.0. The molecule has 0 fully saturated rings. The maximum atomic E-state index is 10.0. The first-order valence-corrected chi connectivity index (χ1v) is 8.68. The van der Waals surface area contributed by atoms with E-state index in [4.69, 9.17) is 0 Å². The van der Waals surface area contributed by atoms with E-state index in [1.54, 1.807) is 0 Å². The van der Waals surface area contributed by atoms with Crippen molar-refractivity contribution >= 4 is 0 Å². The summed E-state index contributed by atoms with van der Waals surface area (Å²) >= 11 is 0. The van der Waals surface area contributed by atoms with Crippen molar-refractivity contribution in [2.45, 2.75) is 110 Å². The summed E-state index contributed by atoms with van der Waals surface area (Å²) < 4.78 is 0. The Morgan fingerprint density at radius 2 is 1.11 bits per heavy atom. The van der Waals surface area contributed by atoms with Crippen LogP contribution in [0.3, 0.4) is 0 Å². The molecule has 19 heavy (non-hydrogen) atoms. The molecule has 2 nitrogen and oxygen atoms in total. The smallest absolute Gasteiger partial charge is 0.105 e. The minimum atomic E-state index is -0.292. The molecule has 1 atom stereocenters. The molecule has 0 bridgehead atoms. The third-order valence-electron chi connectivity index (χ3n) is 3.82. The molecule has 0 spiro atoms. The van der Waals surface area contributed by atoms with Gasteiger partial charge in [-0.1, -0.05) is 72.1 Å². The predicted molar refractivity (Wildman–Crippen MR) is 85.4 cm³/mol. The van der Waals surface area contributed by atoms with Crippen molar-refractivity contribution in [1.29, 1.82) is 0 Å². The average molecular weight is 271 g/mol. The second-order valence-electron chi connectivity index (χ2n) is 5.87. The molecule has 0 amide bonds. The molecule has 0 radical (unpaired) electrons. The van der Waals surface area contributed by atoms with E-state index in [-0.39, 0.29) is 6.23 Å². The number of hydrogen-bond acceptors (Lipinski definition) is 2. The summed E-state index contributed by atoms with van der Waals surface area (Å²) in [6.45, 7) is 6.70. The molecule has 0 saturated carbocycles. The highest BCUT2D eigenvalue weighted by atomic mass is 16.3. The van der Waals surface area contributed by atoms with Crippen LogP contribution in [0.2, 0.25) is 0 Å². The lowest BCUT2D eigenvalue weighted by Crippen LogP contribution is -2.38. The molecule has 0 saturated heterocycles. The maximum Gasteiger partial charge on any atom is 0.105 e. The zero-order valence-electron chi connectivity index (χ0n) is 13.6. The first-order chi connectivity index (χ1) is 9.24. The zero-order valence-corrected chi connectivity index (χ0v) is 13.6. The van der Waals surface area contributed by atoms with Crippen LogP contribution < -0.4 is 5.32 Å². The van der Waals surface area contributed by atoms with Crippen molar-refractivity contribution in [3.8, 4) is 0 Å². The van der Waals surface area contributed by atoms with Crippen molar-refractivity contribution < 1.29 is 5.11 Å². The Morgan fingerprint density at radius 1 is 0.684 bits per heavy atom. The van der Waals surface area contributed by atoms with Crippen molar-refractivity contribution in [3.05, 3.63) is 0 Å². The van der Waals surface area contributed by atoms with Crippen LogP contribution in [0.15, 0.2) is 0 Å². The van der Waals surface area contributed by atoms with Gasteiger partial charge in [-0.2, -0.15) is 0 Å². The fourth-order valence-corrected chi connectivity index (χ4v) is 2.54. The molecule has 1 unspecified atom stereocenters. The van der Waals surface area contributed by atoms with Crippen LogP contribution in [0.25, 0.3) is 0 Å². The van der Waals surface area contributed by atoms with E-state index in [9.17, 15) is 5.11 Å². The zero-order chi connectivity index (χ0) is 14.3. The minimum Gasteiger partial charge on any atom is -0.379 e. The molecule has 0 heterocycles. The average Bonchev–Trinajstić information content (AvgIpc) is 2.39. The van der Waals surface area contributed by atoms with Crippen LogP contribution in [0, 0.1) is 0 Å². The lowest BCUT2D eigenvalue weighted by molar-refractivity contribution is 0.105. The predicted octanol–water partition coefficient (Wildman–Crippen LogP) is 5.00. The van der Waals surface area contributed by atoms with Gasteiger partial charge in [-0.3, -0.25) is 5.32 Å². The summed E-state index contributed by atoms with van der Waals surface area (Å²) in [5, 5.41) is 13.5. The van der Waals surface area contributed by atoms with Gasteiger partial charge in [-0.05, 0) is 25.7 Å². The van der Waals surface area contributed by atoms with Gasteiger partial charge in [0.1, 0.15) is 6.23 Å². The first kappa shape index (κ1) is 18.9. The maximum absolute atomic E-state index is 10.0. The second kappa shape index (κ2) is 14.3. The summed E-state index contributed by atoms with van der Waals surface area (Å²) in [6.07, 6.45) is 14.4. The van der Waals surface area contributed by atoms with Gasteiger partial charge >= 0.3 is 0 Å². The molecule has 0 aliphatic carbocycles. The van der Waals surface area contributed by atoms with E-state index in [1.807, 2.05) is 0 Å². The molecule has 0 aromatic rings. The second-order valence-corrected chi connectivity index (χ2v) is 5.87. The Morgan fingerprint density at radius 3 is 1.53 bits per heavy atom. The highest BCUT2D eigenvalue weighted by Gasteiger charge is 2.12. The van der Waals surface area contributed by atoms with Gasteiger partial charge < -0.3 is 5.11 Å². The Hall–Kier alpha value is -0.0800. The van der Waals surface area contributed by atoms with E-state index < -0.39 is 0 Å². The summed E-state index contributed by atoms with van der Waals surface area (Å²) in [6, 6.07) is 0.523. The van der Waals surface area contributed by atoms with E-state index >= 15 is 0 Å². The largest absolute Gasteiger partial charge is 0.379 e. The summed E-state index contributed by atoms with van der Waals surface area (Å²) in [5.41, 5.74) is 0. The van der Waals surface area contributed by atoms with Crippen LogP contribution in [0.1, 0.15) is 97.8 Å². The van der Waals surface area contributed by atoms with E-state index in [0.29, 0.717) is 6.04 Å². The Kier molecular flexibility index (Phi) is 14.3. The van der Waals surface area contributed by atoms with Gasteiger partial charge in [0.2, 0.25) is 0 Å². The molecule has 0 aliphatic rings.